The molecule has 1 aliphatic heterocycles. The zero-order valence-electron chi connectivity index (χ0n) is 11.6. The van der Waals surface area contributed by atoms with Gasteiger partial charge < -0.3 is 10.0 Å². The minimum Gasteiger partial charge on any atom is -0.478 e. The number of halogens is 1. The fourth-order valence-electron chi connectivity index (χ4n) is 3.68. The van der Waals surface area contributed by atoms with E-state index in [1.54, 1.807) is 6.07 Å². The number of carboxylic acids is 1. The van der Waals surface area contributed by atoms with E-state index in [0.717, 1.165) is 22.3 Å². The highest BCUT2D eigenvalue weighted by Crippen LogP contribution is 2.45. The molecule has 2 aliphatic rings. The molecule has 3 nitrogen and oxygen atoms in total. The number of carboxylic acid groups (broad SMARTS) is 1. The minimum absolute atomic E-state index is 0.445. The van der Waals surface area contributed by atoms with E-state index in [4.69, 9.17) is 0 Å². The van der Waals surface area contributed by atoms with Crippen LogP contribution in [-0.4, -0.2) is 24.2 Å². The van der Waals surface area contributed by atoms with Gasteiger partial charge in [0.25, 0.3) is 0 Å². The van der Waals surface area contributed by atoms with Crippen LogP contribution in [0.2, 0.25) is 0 Å². The number of hydrogen-bond acceptors (Lipinski definition) is 2. The number of aromatic carboxylic acids is 1. The van der Waals surface area contributed by atoms with Gasteiger partial charge in [0.05, 0.1) is 11.3 Å². The van der Waals surface area contributed by atoms with Crippen molar-refractivity contribution in [2.24, 2.45) is 5.41 Å². The zero-order chi connectivity index (χ0) is 14.2. The molecule has 4 heteroatoms. The van der Waals surface area contributed by atoms with E-state index in [1.165, 1.54) is 38.5 Å². The molecule has 0 unspecified atom stereocenters. The summed E-state index contributed by atoms with van der Waals surface area (Å²) in [6, 6.07) is 5.74. The summed E-state index contributed by atoms with van der Waals surface area (Å²) in [4.78, 5) is 13.7. The Labute approximate surface area is 133 Å². The molecular weight excluding hydrogens is 365 g/mol. The van der Waals surface area contributed by atoms with E-state index in [2.05, 4.69) is 27.5 Å². The SMILES string of the molecule is O=C(O)c1cc(I)ccc1N1CC2(CCCCCC2)C1. The Kier molecular flexibility index (Phi) is 3.93. The standard InChI is InChI=1S/C16H20INO2/c17-12-5-6-14(13(9-12)15(19)20)18-10-16(11-18)7-3-1-2-4-8-16/h5-6,9H,1-4,7-8,10-11H2,(H,19,20). The molecule has 0 radical (unpaired) electrons. The van der Waals surface area contributed by atoms with Gasteiger partial charge in [-0.25, -0.2) is 4.79 Å². The quantitative estimate of drug-likeness (QED) is 0.778. The Balaban J connectivity index is 1.78. The average molecular weight is 385 g/mol. The van der Waals surface area contributed by atoms with Gasteiger partial charge >= 0.3 is 5.97 Å². The number of hydrogen-bond donors (Lipinski definition) is 1. The molecule has 3 rings (SSSR count). The van der Waals surface area contributed by atoms with Gasteiger partial charge in [-0.05, 0) is 53.6 Å². The molecule has 0 bridgehead atoms. The predicted molar refractivity (Wildman–Crippen MR) is 88.5 cm³/mol. The van der Waals surface area contributed by atoms with Crippen LogP contribution in [-0.2, 0) is 0 Å². The lowest BCUT2D eigenvalue weighted by atomic mass is 9.73. The minimum atomic E-state index is -0.819. The molecule has 1 heterocycles. The molecule has 0 aromatic heterocycles. The molecule has 1 aromatic carbocycles. The van der Waals surface area contributed by atoms with Gasteiger partial charge in [0, 0.05) is 22.1 Å². The summed E-state index contributed by atoms with van der Waals surface area (Å²) in [6.45, 7) is 2.07. The van der Waals surface area contributed by atoms with E-state index in [0.29, 0.717) is 11.0 Å². The smallest absolute Gasteiger partial charge is 0.337 e. The Hall–Kier alpha value is -0.780. The normalized spacial score (nSPS) is 21.4. The summed E-state index contributed by atoms with van der Waals surface area (Å²) in [5.74, 6) is -0.819. The van der Waals surface area contributed by atoms with Crippen molar-refractivity contribution in [1.29, 1.82) is 0 Å². The first-order valence-corrected chi connectivity index (χ1v) is 8.45. The maximum absolute atomic E-state index is 11.4. The predicted octanol–water partition coefficient (Wildman–Crippen LogP) is 4.15. The molecule has 0 amide bonds. The molecule has 1 aromatic rings. The molecule has 20 heavy (non-hydrogen) atoms. The Morgan fingerprint density at radius 1 is 1.15 bits per heavy atom. The fourth-order valence-corrected chi connectivity index (χ4v) is 4.18. The van der Waals surface area contributed by atoms with E-state index in [-0.39, 0.29) is 0 Å². The molecule has 0 atom stereocenters. The van der Waals surface area contributed by atoms with Gasteiger partial charge in [0.2, 0.25) is 0 Å². The topological polar surface area (TPSA) is 40.5 Å². The van der Waals surface area contributed by atoms with E-state index >= 15 is 0 Å². The first-order chi connectivity index (χ1) is 9.60. The molecular formula is C16H20INO2. The van der Waals surface area contributed by atoms with Crippen LogP contribution in [0.3, 0.4) is 0 Å². The summed E-state index contributed by atoms with van der Waals surface area (Å²) in [6.07, 6.45) is 8.04. The van der Waals surface area contributed by atoms with E-state index < -0.39 is 5.97 Å². The van der Waals surface area contributed by atoms with Crippen molar-refractivity contribution in [1.82, 2.24) is 0 Å². The van der Waals surface area contributed by atoms with Crippen LogP contribution >= 0.6 is 22.6 Å². The van der Waals surface area contributed by atoms with Crippen molar-refractivity contribution < 1.29 is 9.90 Å². The van der Waals surface area contributed by atoms with Crippen molar-refractivity contribution in [2.75, 3.05) is 18.0 Å². The van der Waals surface area contributed by atoms with Gasteiger partial charge in [-0.3, -0.25) is 0 Å². The maximum atomic E-state index is 11.4. The van der Waals surface area contributed by atoms with Gasteiger partial charge in [-0.15, -0.1) is 0 Å². The molecule has 108 valence electrons. The number of carbonyl (C=O) groups is 1. The number of rotatable bonds is 2. The van der Waals surface area contributed by atoms with Crippen LogP contribution in [0.4, 0.5) is 5.69 Å². The van der Waals surface area contributed by atoms with Crippen molar-refractivity contribution in [3.63, 3.8) is 0 Å². The highest BCUT2D eigenvalue weighted by Gasteiger charge is 2.43. The largest absolute Gasteiger partial charge is 0.478 e. The molecule has 2 fully saturated rings. The molecule has 1 saturated carbocycles. The highest BCUT2D eigenvalue weighted by atomic mass is 127. The maximum Gasteiger partial charge on any atom is 0.337 e. The van der Waals surface area contributed by atoms with Gasteiger partial charge in [-0.2, -0.15) is 0 Å². The Morgan fingerprint density at radius 3 is 2.40 bits per heavy atom. The van der Waals surface area contributed by atoms with E-state index in [1.807, 2.05) is 12.1 Å². The molecule has 1 N–H and O–H groups in total. The van der Waals surface area contributed by atoms with Crippen LogP contribution in [0.1, 0.15) is 48.9 Å². The third-order valence-electron chi connectivity index (χ3n) is 4.75. The first kappa shape index (κ1) is 14.2. The zero-order valence-corrected chi connectivity index (χ0v) is 13.7. The second-order valence-electron chi connectivity index (χ2n) is 6.24. The third kappa shape index (κ3) is 2.67. The summed E-state index contributed by atoms with van der Waals surface area (Å²) >= 11 is 2.17. The number of benzene rings is 1. The summed E-state index contributed by atoms with van der Waals surface area (Å²) in [7, 11) is 0. The van der Waals surface area contributed by atoms with Gasteiger partial charge in [-0.1, -0.05) is 25.7 Å². The van der Waals surface area contributed by atoms with Gasteiger partial charge in [0.1, 0.15) is 0 Å². The Bertz CT molecular complexity index is 513. The summed E-state index contributed by atoms with van der Waals surface area (Å²) in [5.41, 5.74) is 1.81. The first-order valence-electron chi connectivity index (χ1n) is 7.38. The number of nitrogens with zero attached hydrogens (tertiary/aromatic N) is 1. The average Bonchev–Trinajstić information content (AvgIpc) is 2.62. The molecule has 1 aliphatic carbocycles. The van der Waals surface area contributed by atoms with Crippen molar-refractivity contribution >= 4 is 34.2 Å². The van der Waals surface area contributed by atoms with Crippen LogP contribution in [0.25, 0.3) is 0 Å². The van der Waals surface area contributed by atoms with Crippen LogP contribution in [0, 0.1) is 8.99 Å². The summed E-state index contributed by atoms with van der Waals surface area (Å²) < 4.78 is 0.980. The second-order valence-corrected chi connectivity index (χ2v) is 7.48. The summed E-state index contributed by atoms with van der Waals surface area (Å²) in [5, 5.41) is 9.38. The van der Waals surface area contributed by atoms with Gasteiger partial charge in [0.15, 0.2) is 0 Å². The van der Waals surface area contributed by atoms with Crippen LogP contribution < -0.4 is 4.90 Å². The molecule has 1 saturated heterocycles. The highest BCUT2D eigenvalue weighted by molar-refractivity contribution is 14.1. The number of anilines is 1. The lowest BCUT2D eigenvalue weighted by Crippen LogP contribution is -2.56. The Morgan fingerprint density at radius 2 is 1.80 bits per heavy atom. The van der Waals surface area contributed by atoms with Crippen LogP contribution in [0.5, 0.6) is 0 Å². The van der Waals surface area contributed by atoms with Crippen molar-refractivity contribution in [3.05, 3.63) is 27.3 Å². The third-order valence-corrected chi connectivity index (χ3v) is 5.42. The monoisotopic (exact) mass is 385 g/mol. The molecule has 1 spiro atoms. The fraction of sp³-hybridized carbons (Fsp3) is 0.562. The van der Waals surface area contributed by atoms with Crippen molar-refractivity contribution in [2.45, 2.75) is 38.5 Å². The second kappa shape index (κ2) is 5.54. The van der Waals surface area contributed by atoms with Crippen LogP contribution in [0.15, 0.2) is 18.2 Å². The lowest BCUT2D eigenvalue weighted by molar-refractivity contribution is 0.0696. The van der Waals surface area contributed by atoms with Crippen molar-refractivity contribution in [3.8, 4) is 0 Å². The van der Waals surface area contributed by atoms with E-state index in [9.17, 15) is 9.90 Å². The lowest BCUT2D eigenvalue weighted by Gasteiger charge is -2.52.